The Bertz CT molecular complexity index is 415. The highest BCUT2D eigenvalue weighted by atomic mass is 16.5. The van der Waals surface area contributed by atoms with Crippen molar-refractivity contribution >= 4 is 11.8 Å². The summed E-state index contributed by atoms with van der Waals surface area (Å²) in [6.45, 7) is 1.59. The molecule has 0 amide bonds. The van der Waals surface area contributed by atoms with Gasteiger partial charge in [-0.25, -0.2) is 0 Å². The van der Waals surface area contributed by atoms with Gasteiger partial charge in [0.2, 0.25) is 0 Å². The van der Waals surface area contributed by atoms with Crippen LogP contribution >= 0.6 is 0 Å². The van der Waals surface area contributed by atoms with Crippen molar-refractivity contribution in [2.45, 2.75) is 83.7 Å². The van der Waals surface area contributed by atoms with Crippen LogP contribution in [0.5, 0.6) is 0 Å². The van der Waals surface area contributed by atoms with E-state index in [4.69, 9.17) is 14.9 Å². The summed E-state index contributed by atoms with van der Waals surface area (Å²) in [7, 11) is 0. The quantitative estimate of drug-likeness (QED) is 0.176. The highest BCUT2D eigenvalue weighted by Crippen LogP contribution is 2.08. The summed E-state index contributed by atoms with van der Waals surface area (Å²) >= 11 is 0. The van der Waals surface area contributed by atoms with Crippen LogP contribution in [0.3, 0.4) is 0 Å². The van der Waals surface area contributed by atoms with Crippen LogP contribution in [0, 0.1) is 0 Å². The summed E-state index contributed by atoms with van der Waals surface area (Å²) in [5.74, 6) is -0.121. The van der Waals surface area contributed by atoms with Crippen molar-refractivity contribution in [2.75, 3.05) is 13.2 Å². The van der Waals surface area contributed by atoms with Crippen LogP contribution in [0.2, 0.25) is 0 Å². The lowest BCUT2D eigenvalue weighted by Gasteiger charge is -2.08. The molecule has 0 aromatic carbocycles. The monoisotopic (exact) mass is 368 g/mol. The van der Waals surface area contributed by atoms with Crippen LogP contribution in [0.1, 0.15) is 77.6 Å². The number of rotatable bonds is 17. The number of esters is 1. The van der Waals surface area contributed by atoms with Gasteiger partial charge in [-0.15, -0.1) is 0 Å². The molecule has 1 atom stereocenters. The maximum atomic E-state index is 11.5. The number of carbonyl (C=O) groups is 2. The van der Waals surface area contributed by atoms with E-state index in [1.54, 1.807) is 6.08 Å². The molecule has 0 unspecified atom stereocenters. The zero-order valence-electron chi connectivity index (χ0n) is 16.2. The van der Waals surface area contributed by atoms with Crippen LogP contribution in [-0.2, 0) is 14.3 Å². The van der Waals surface area contributed by atoms with Gasteiger partial charge in [-0.1, -0.05) is 57.3 Å². The molecule has 26 heavy (non-hydrogen) atoms. The number of carbonyl (C=O) groups excluding carboxylic acids is 2. The number of unbranched alkanes of at least 4 members (excludes halogenated alkanes) is 7. The predicted molar refractivity (Wildman–Crippen MR) is 104 cm³/mol. The highest BCUT2D eigenvalue weighted by Gasteiger charge is 2.07. The minimum Gasteiger partial charge on any atom is -0.463 e. The standard InChI is InChI=1S/C21H36O5/c1-2-3-11-14-19(23)15-12-9-7-5-4-6-8-10-13-16-21(25)26-18-20(24)17-22/h7,9,12,15,20,22,24H,2-6,8,10-11,13-14,16-18H2,1H3/b9-7-,15-12+/t20-/m0/s1. The summed E-state index contributed by atoms with van der Waals surface area (Å²) in [4.78, 5) is 22.9. The lowest BCUT2D eigenvalue weighted by atomic mass is 10.1. The maximum Gasteiger partial charge on any atom is 0.305 e. The lowest BCUT2D eigenvalue weighted by Crippen LogP contribution is -2.21. The first-order chi connectivity index (χ1) is 12.6. The van der Waals surface area contributed by atoms with Gasteiger partial charge in [-0.3, -0.25) is 9.59 Å². The number of aliphatic hydroxyl groups excluding tert-OH is 2. The summed E-state index contributed by atoms with van der Waals surface area (Å²) in [5, 5.41) is 17.7. The lowest BCUT2D eigenvalue weighted by molar-refractivity contribution is -0.147. The molecule has 2 N–H and O–H groups in total. The minimum atomic E-state index is -0.985. The Hall–Kier alpha value is -1.46. The van der Waals surface area contributed by atoms with Crippen LogP contribution in [0.15, 0.2) is 24.3 Å². The summed E-state index contributed by atoms with van der Waals surface area (Å²) in [5.41, 5.74) is 0. The van der Waals surface area contributed by atoms with Crippen LogP contribution < -0.4 is 0 Å². The van der Waals surface area contributed by atoms with Gasteiger partial charge >= 0.3 is 5.97 Å². The fraction of sp³-hybridized carbons (Fsp3) is 0.714. The Morgan fingerprint density at radius 2 is 1.65 bits per heavy atom. The molecule has 0 rings (SSSR count). The zero-order chi connectivity index (χ0) is 19.5. The molecule has 0 aliphatic rings. The molecule has 0 aliphatic heterocycles. The second-order valence-corrected chi connectivity index (χ2v) is 6.54. The molecule has 0 aromatic rings. The van der Waals surface area contributed by atoms with Crippen molar-refractivity contribution in [3.05, 3.63) is 24.3 Å². The normalized spacial score (nSPS) is 12.7. The smallest absolute Gasteiger partial charge is 0.305 e. The molecule has 0 radical (unpaired) electrons. The van der Waals surface area contributed by atoms with E-state index in [2.05, 4.69) is 13.0 Å². The summed E-state index contributed by atoms with van der Waals surface area (Å²) in [6.07, 6.45) is 16.8. The SMILES string of the molecule is CCCCCC(=O)/C=C/C=C\CCCCCCCC(=O)OC[C@@H](O)CO. The highest BCUT2D eigenvalue weighted by molar-refractivity contribution is 5.89. The maximum absolute atomic E-state index is 11.5. The topological polar surface area (TPSA) is 83.8 Å². The van der Waals surface area contributed by atoms with E-state index >= 15 is 0 Å². The average Bonchev–Trinajstić information content (AvgIpc) is 2.64. The Morgan fingerprint density at radius 1 is 0.962 bits per heavy atom. The molecule has 0 aromatic heterocycles. The second-order valence-electron chi connectivity index (χ2n) is 6.54. The third-order valence-electron chi connectivity index (χ3n) is 3.96. The van der Waals surface area contributed by atoms with E-state index in [-0.39, 0.29) is 18.4 Å². The molecule has 0 spiro atoms. The number of hydrogen-bond donors (Lipinski definition) is 2. The fourth-order valence-electron chi connectivity index (χ4n) is 2.35. The summed E-state index contributed by atoms with van der Waals surface area (Å²) in [6, 6.07) is 0. The Kier molecular flexibility index (Phi) is 17.3. The largest absolute Gasteiger partial charge is 0.463 e. The molecule has 0 bridgehead atoms. The number of ether oxygens (including phenoxy) is 1. The van der Waals surface area contributed by atoms with Crippen molar-refractivity contribution in [3.8, 4) is 0 Å². The van der Waals surface area contributed by atoms with Gasteiger partial charge in [0.15, 0.2) is 5.78 Å². The minimum absolute atomic E-state index is 0.138. The fourth-order valence-corrected chi connectivity index (χ4v) is 2.35. The predicted octanol–water partition coefficient (Wildman–Crippen LogP) is 3.88. The van der Waals surface area contributed by atoms with E-state index in [0.29, 0.717) is 12.8 Å². The van der Waals surface area contributed by atoms with Crippen LogP contribution in [-0.4, -0.2) is 41.3 Å². The molecule has 5 heteroatoms. The van der Waals surface area contributed by atoms with E-state index in [9.17, 15) is 9.59 Å². The van der Waals surface area contributed by atoms with Gasteiger partial charge in [0.05, 0.1) is 6.61 Å². The van der Waals surface area contributed by atoms with Gasteiger partial charge in [0, 0.05) is 12.8 Å². The van der Waals surface area contributed by atoms with Crippen molar-refractivity contribution in [1.82, 2.24) is 0 Å². The molecule has 150 valence electrons. The van der Waals surface area contributed by atoms with E-state index in [1.165, 1.54) is 0 Å². The Morgan fingerprint density at radius 3 is 2.38 bits per heavy atom. The molecule has 0 aliphatic carbocycles. The molecule has 0 fully saturated rings. The Labute approximate surface area is 158 Å². The molecule has 5 nitrogen and oxygen atoms in total. The van der Waals surface area contributed by atoms with E-state index in [1.807, 2.05) is 12.2 Å². The van der Waals surface area contributed by atoms with Gasteiger partial charge in [-0.05, 0) is 31.8 Å². The van der Waals surface area contributed by atoms with Crippen molar-refractivity contribution in [2.24, 2.45) is 0 Å². The van der Waals surface area contributed by atoms with Crippen LogP contribution in [0.25, 0.3) is 0 Å². The third kappa shape index (κ3) is 17.4. The van der Waals surface area contributed by atoms with E-state index in [0.717, 1.165) is 57.8 Å². The molecule has 0 saturated heterocycles. The van der Waals surface area contributed by atoms with Crippen LogP contribution in [0.4, 0.5) is 0 Å². The number of allylic oxidation sites excluding steroid dienone is 4. The zero-order valence-corrected chi connectivity index (χ0v) is 16.2. The molecule has 0 heterocycles. The third-order valence-corrected chi connectivity index (χ3v) is 3.96. The van der Waals surface area contributed by atoms with Gasteiger partial charge in [0.25, 0.3) is 0 Å². The first-order valence-electron chi connectivity index (χ1n) is 9.90. The molecular weight excluding hydrogens is 332 g/mol. The first-order valence-corrected chi connectivity index (χ1v) is 9.90. The first kappa shape index (κ1) is 24.5. The number of aliphatic hydroxyl groups is 2. The van der Waals surface area contributed by atoms with Crippen molar-refractivity contribution in [1.29, 1.82) is 0 Å². The van der Waals surface area contributed by atoms with Gasteiger partial charge in [-0.2, -0.15) is 0 Å². The molecular formula is C21H36O5. The Balaban J connectivity index is 3.45. The van der Waals surface area contributed by atoms with Crippen molar-refractivity contribution in [3.63, 3.8) is 0 Å². The van der Waals surface area contributed by atoms with Crippen molar-refractivity contribution < 1.29 is 24.5 Å². The second kappa shape index (κ2) is 18.3. The van der Waals surface area contributed by atoms with E-state index < -0.39 is 12.7 Å². The molecule has 0 saturated carbocycles. The number of hydrogen-bond acceptors (Lipinski definition) is 5. The average molecular weight is 369 g/mol. The van der Waals surface area contributed by atoms with Gasteiger partial charge in [0.1, 0.15) is 12.7 Å². The van der Waals surface area contributed by atoms with Gasteiger partial charge < -0.3 is 14.9 Å². The number of ketones is 1. The summed E-state index contributed by atoms with van der Waals surface area (Å²) < 4.78 is 4.83.